The predicted octanol–water partition coefficient (Wildman–Crippen LogP) is 13.7. The molecule has 8 aromatic carbocycles. The van der Waals surface area contributed by atoms with E-state index >= 15 is 0 Å². The third-order valence-electron chi connectivity index (χ3n) is 10.6. The highest BCUT2D eigenvalue weighted by Crippen LogP contribution is 2.46. The number of hydrogen-bond acceptors (Lipinski definition) is 5. The number of aromatic nitrogens is 3. The highest BCUT2D eigenvalue weighted by molar-refractivity contribution is 6.21. The largest absolute Gasteiger partial charge is 0.455 e. The van der Waals surface area contributed by atoms with E-state index in [9.17, 15) is 0 Å². The molecule has 0 aliphatic rings. The first-order chi connectivity index (χ1) is 27.8. The van der Waals surface area contributed by atoms with Gasteiger partial charge in [0, 0.05) is 49.4 Å². The van der Waals surface area contributed by atoms with Crippen LogP contribution in [0.1, 0.15) is 0 Å². The number of furan rings is 2. The molecule has 0 atom stereocenters. The minimum Gasteiger partial charge on any atom is -0.455 e. The van der Waals surface area contributed by atoms with Gasteiger partial charge in [-0.05, 0) is 46.5 Å². The van der Waals surface area contributed by atoms with Gasteiger partial charge >= 0.3 is 0 Å². The summed E-state index contributed by atoms with van der Waals surface area (Å²) in [6.07, 6.45) is 0. The van der Waals surface area contributed by atoms with Crippen LogP contribution in [0.25, 0.3) is 111 Å². The van der Waals surface area contributed by atoms with Crippen LogP contribution in [0.3, 0.4) is 0 Å². The summed E-state index contributed by atoms with van der Waals surface area (Å²) in [5, 5.41) is 4.05. The van der Waals surface area contributed by atoms with Gasteiger partial charge in [-0.25, -0.2) is 15.0 Å². The zero-order valence-electron chi connectivity index (χ0n) is 30.1. The van der Waals surface area contributed by atoms with Gasteiger partial charge in [0.1, 0.15) is 22.3 Å². The van der Waals surface area contributed by atoms with Crippen molar-refractivity contribution in [1.82, 2.24) is 15.0 Å². The van der Waals surface area contributed by atoms with E-state index in [1.807, 2.05) is 66.7 Å². The quantitative estimate of drug-likeness (QED) is 0.171. The van der Waals surface area contributed by atoms with Gasteiger partial charge in [-0.15, -0.1) is 0 Å². The van der Waals surface area contributed by atoms with Crippen molar-refractivity contribution < 1.29 is 8.83 Å². The molecule has 0 bridgehead atoms. The summed E-state index contributed by atoms with van der Waals surface area (Å²) >= 11 is 0. The summed E-state index contributed by atoms with van der Waals surface area (Å²) in [5.41, 5.74) is 12.4. The number of fused-ring (bicyclic) bond motifs is 6. The lowest BCUT2D eigenvalue weighted by Crippen LogP contribution is -2.00. The van der Waals surface area contributed by atoms with Crippen LogP contribution < -0.4 is 0 Å². The summed E-state index contributed by atoms with van der Waals surface area (Å²) in [4.78, 5) is 15.4. The maximum atomic E-state index is 6.85. The zero-order valence-corrected chi connectivity index (χ0v) is 30.1. The Labute approximate surface area is 322 Å². The third kappa shape index (κ3) is 5.29. The Kier molecular flexibility index (Phi) is 7.42. The smallest absolute Gasteiger partial charge is 0.164 e. The lowest BCUT2D eigenvalue weighted by atomic mass is 9.93. The van der Waals surface area contributed by atoms with Gasteiger partial charge in [0.05, 0.1) is 0 Å². The minimum absolute atomic E-state index is 0.577. The minimum atomic E-state index is 0.577. The first-order valence-electron chi connectivity index (χ1n) is 18.7. The van der Waals surface area contributed by atoms with Crippen LogP contribution in [0.15, 0.2) is 197 Å². The van der Waals surface area contributed by atoms with Gasteiger partial charge in [-0.1, -0.05) is 164 Å². The van der Waals surface area contributed by atoms with Crippen molar-refractivity contribution >= 4 is 43.9 Å². The number of nitrogens with zero attached hydrogens (tertiary/aromatic N) is 3. The molecule has 0 amide bonds. The van der Waals surface area contributed by atoms with Crippen LogP contribution >= 0.6 is 0 Å². The van der Waals surface area contributed by atoms with Crippen molar-refractivity contribution in [2.24, 2.45) is 0 Å². The fraction of sp³-hybridized carbons (Fsp3) is 0. The molecule has 0 unspecified atom stereocenters. The Morgan fingerprint density at radius 2 is 0.821 bits per heavy atom. The summed E-state index contributed by atoms with van der Waals surface area (Å²) < 4.78 is 13.5. The van der Waals surface area contributed by atoms with Crippen LogP contribution in [0.4, 0.5) is 0 Å². The Balaban J connectivity index is 1.13. The highest BCUT2D eigenvalue weighted by Gasteiger charge is 2.23. The Morgan fingerprint density at radius 3 is 1.62 bits per heavy atom. The molecular formula is C51H31N3O2. The topological polar surface area (TPSA) is 65.0 Å². The second kappa shape index (κ2) is 13.0. The van der Waals surface area contributed by atoms with Gasteiger partial charge in [0.2, 0.25) is 0 Å². The second-order valence-electron chi connectivity index (χ2n) is 13.9. The van der Waals surface area contributed by atoms with Crippen molar-refractivity contribution in [2.45, 2.75) is 0 Å². The lowest BCUT2D eigenvalue weighted by molar-refractivity contribution is 0.669. The predicted molar refractivity (Wildman–Crippen MR) is 227 cm³/mol. The summed E-state index contributed by atoms with van der Waals surface area (Å²) in [6.45, 7) is 0. The monoisotopic (exact) mass is 717 g/mol. The average molecular weight is 718 g/mol. The molecule has 5 nitrogen and oxygen atoms in total. The van der Waals surface area contributed by atoms with Crippen molar-refractivity contribution in [3.63, 3.8) is 0 Å². The summed E-state index contributed by atoms with van der Waals surface area (Å²) in [5.74, 6) is 1.78. The van der Waals surface area contributed by atoms with Crippen LogP contribution in [0, 0.1) is 0 Å². The Morgan fingerprint density at radius 1 is 0.286 bits per heavy atom. The molecule has 0 aliphatic carbocycles. The molecule has 0 spiro atoms. The molecule has 11 rings (SSSR count). The van der Waals surface area contributed by atoms with Crippen molar-refractivity contribution in [3.8, 4) is 67.5 Å². The molecule has 3 heterocycles. The lowest BCUT2D eigenvalue weighted by Gasteiger charge is -2.10. The molecule has 3 aromatic heterocycles. The normalized spacial score (nSPS) is 11.6. The maximum absolute atomic E-state index is 6.85. The fourth-order valence-electron chi connectivity index (χ4n) is 7.95. The van der Waals surface area contributed by atoms with Crippen LogP contribution in [0.5, 0.6) is 0 Å². The van der Waals surface area contributed by atoms with Gasteiger partial charge < -0.3 is 8.83 Å². The molecule has 0 fully saturated rings. The van der Waals surface area contributed by atoms with Gasteiger partial charge in [-0.3, -0.25) is 0 Å². The Hall–Kier alpha value is -7.63. The molecule has 56 heavy (non-hydrogen) atoms. The molecular weight excluding hydrogens is 687 g/mol. The number of rotatable bonds is 6. The first-order valence-corrected chi connectivity index (χ1v) is 18.7. The molecule has 0 aliphatic heterocycles. The SMILES string of the molecule is c1ccc(-c2cccc(-c3nc(-c4ccccc4)nc(-c4cccc5oc6c(-c7ccc(-c8ccccc8)c8oc9ccccc9c78)cccc6c45)n3)c2)cc1. The molecule has 5 heteroatoms. The van der Waals surface area contributed by atoms with E-state index in [0.29, 0.717) is 17.5 Å². The molecule has 0 radical (unpaired) electrons. The summed E-state index contributed by atoms with van der Waals surface area (Å²) in [7, 11) is 0. The van der Waals surface area contributed by atoms with Crippen LogP contribution in [-0.2, 0) is 0 Å². The molecule has 262 valence electrons. The zero-order chi connectivity index (χ0) is 37.0. The second-order valence-corrected chi connectivity index (χ2v) is 13.9. The van der Waals surface area contributed by atoms with Crippen molar-refractivity contribution in [3.05, 3.63) is 188 Å². The highest BCUT2D eigenvalue weighted by atomic mass is 16.3. The van der Waals surface area contributed by atoms with Crippen molar-refractivity contribution in [2.75, 3.05) is 0 Å². The van der Waals surface area contributed by atoms with E-state index < -0.39 is 0 Å². The average Bonchev–Trinajstić information content (AvgIpc) is 3.86. The van der Waals surface area contributed by atoms with E-state index in [0.717, 1.165) is 93.9 Å². The van der Waals surface area contributed by atoms with Crippen LogP contribution in [-0.4, -0.2) is 15.0 Å². The van der Waals surface area contributed by atoms with Gasteiger partial charge in [0.25, 0.3) is 0 Å². The van der Waals surface area contributed by atoms with Gasteiger partial charge in [0.15, 0.2) is 17.5 Å². The van der Waals surface area contributed by atoms with Crippen molar-refractivity contribution in [1.29, 1.82) is 0 Å². The van der Waals surface area contributed by atoms with Gasteiger partial charge in [-0.2, -0.15) is 0 Å². The number of para-hydroxylation sites is 2. The van der Waals surface area contributed by atoms with E-state index in [-0.39, 0.29) is 0 Å². The van der Waals surface area contributed by atoms with E-state index in [1.54, 1.807) is 0 Å². The Bertz CT molecular complexity index is 3240. The maximum Gasteiger partial charge on any atom is 0.164 e. The molecule has 11 aromatic rings. The molecule has 0 saturated carbocycles. The number of benzene rings is 8. The standard InChI is InChI=1S/C51H31N3O2/c1-4-15-32(16-5-1)35-21-12-22-36(31-35)50-52-49(34-19-8-3-9-20-34)53-51(54-50)42-26-14-28-44-45(42)41-25-13-24-39(47(41)56-44)38-30-29-37(33-17-6-2-7-18-33)48-46(38)40-23-10-11-27-43(40)55-48/h1-31H. The molecule has 0 saturated heterocycles. The molecule has 0 N–H and O–H groups in total. The van der Waals surface area contributed by atoms with E-state index in [2.05, 4.69) is 121 Å². The number of hydrogen-bond donors (Lipinski definition) is 0. The fourth-order valence-corrected chi connectivity index (χ4v) is 7.95. The third-order valence-corrected chi connectivity index (χ3v) is 10.6. The first kappa shape index (κ1) is 31.9. The summed E-state index contributed by atoms with van der Waals surface area (Å²) in [6, 6.07) is 64.3. The van der Waals surface area contributed by atoms with E-state index in [4.69, 9.17) is 23.8 Å². The van der Waals surface area contributed by atoms with Crippen LogP contribution in [0.2, 0.25) is 0 Å². The van der Waals surface area contributed by atoms with E-state index in [1.165, 1.54) is 0 Å².